The van der Waals surface area contributed by atoms with Crippen molar-refractivity contribution in [2.75, 3.05) is 24.7 Å². The van der Waals surface area contributed by atoms with Crippen molar-refractivity contribution >= 4 is 11.8 Å². The molecule has 0 heterocycles. The number of nitrogens with two attached hydrogens (primary N) is 1. The molecule has 0 aliphatic carbocycles. The number of thioether (sulfide) groups is 1. The summed E-state index contributed by atoms with van der Waals surface area (Å²) in [5, 5.41) is 0. The first kappa shape index (κ1) is 14.2. The maximum absolute atomic E-state index is 5.65. The van der Waals surface area contributed by atoms with E-state index in [0.29, 0.717) is 19.3 Å². The molecular formula is C10H23NO2S. The largest absolute Gasteiger partial charge is 0.352 e. The fourth-order valence-corrected chi connectivity index (χ4v) is 2.05. The monoisotopic (exact) mass is 221 g/mol. The molecule has 0 amide bonds. The molecule has 1 unspecified atom stereocenters. The molecule has 14 heavy (non-hydrogen) atoms. The smallest absolute Gasteiger partial charge is 0.166 e. The van der Waals surface area contributed by atoms with E-state index in [-0.39, 0.29) is 6.29 Å². The van der Waals surface area contributed by atoms with Gasteiger partial charge in [-0.1, -0.05) is 0 Å². The van der Waals surface area contributed by atoms with Gasteiger partial charge < -0.3 is 15.2 Å². The van der Waals surface area contributed by atoms with Crippen molar-refractivity contribution in [3.8, 4) is 0 Å². The normalized spacial score (nSPS) is 13.5. The van der Waals surface area contributed by atoms with Crippen LogP contribution in [0.4, 0.5) is 0 Å². The molecule has 3 nitrogen and oxygen atoms in total. The average molecular weight is 221 g/mol. The van der Waals surface area contributed by atoms with Gasteiger partial charge >= 0.3 is 0 Å². The standard InChI is InChI=1S/C10H23NO2S/c1-4-12-10(13-5-2)8-14-7-6-9(3)11/h9-10H,4-8,11H2,1-3H3. The van der Waals surface area contributed by atoms with Crippen molar-refractivity contribution in [3.05, 3.63) is 0 Å². The highest BCUT2D eigenvalue weighted by Crippen LogP contribution is 2.09. The topological polar surface area (TPSA) is 44.5 Å². The molecule has 0 aliphatic heterocycles. The Hall–Kier alpha value is 0.230. The highest BCUT2D eigenvalue weighted by molar-refractivity contribution is 7.99. The van der Waals surface area contributed by atoms with E-state index in [1.165, 1.54) is 0 Å². The molecule has 0 bridgehead atoms. The van der Waals surface area contributed by atoms with Crippen LogP contribution in [0.3, 0.4) is 0 Å². The molecule has 4 heteroatoms. The first-order chi connectivity index (χ1) is 6.70. The summed E-state index contributed by atoms with van der Waals surface area (Å²) in [6.07, 6.45) is 0.999. The van der Waals surface area contributed by atoms with Crippen molar-refractivity contribution in [2.24, 2.45) is 5.73 Å². The molecule has 0 saturated carbocycles. The second kappa shape index (κ2) is 9.77. The second-order valence-corrected chi connectivity index (χ2v) is 4.33. The lowest BCUT2D eigenvalue weighted by molar-refractivity contribution is -0.120. The van der Waals surface area contributed by atoms with Crippen molar-refractivity contribution in [1.29, 1.82) is 0 Å². The number of ether oxygens (including phenoxy) is 2. The summed E-state index contributed by atoms with van der Waals surface area (Å²) in [4.78, 5) is 0. The lowest BCUT2D eigenvalue weighted by Gasteiger charge is -2.16. The minimum absolute atomic E-state index is 0.0527. The van der Waals surface area contributed by atoms with Crippen molar-refractivity contribution < 1.29 is 9.47 Å². The zero-order valence-electron chi connectivity index (χ0n) is 9.49. The van der Waals surface area contributed by atoms with Gasteiger partial charge in [0.15, 0.2) is 6.29 Å². The van der Waals surface area contributed by atoms with Gasteiger partial charge in [-0.05, 0) is 32.9 Å². The number of rotatable bonds is 9. The van der Waals surface area contributed by atoms with E-state index in [9.17, 15) is 0 Å². The Balaban J connectivity index is 3.40. The highest BCUT2D eigenvalue weighted by atomic mass is 32.2. The van der Waals surface area contributed by atoms with Gasteiger partial charge in [-0.3, -0.25) is 0 Å². The first-order valence-electron chi connectivity index (χ1n) is 5.27. The molecule has 2 N–H and O–H groups in total. The minimum Gasteiger partial charge on any atom is -0.352 e. The Bertz CT molecular complexity index is 117. The molecule has 86 valence electrons. The van der Waals surface area contributed by atoms with Crippen molar-refractivity contribution in [1.82, 2.24) is 0 Å². The molecular weight excluding hydrogens is 198 g/mol. The second-order valence-electron chi connectivity index (χ2n) is 3.18. The maximum Gasteiger partial charge on any atom is 0.166 e. The summed E-state index contributed by atoms with van der Waals surface area (Å²) < 4.78 is 10.8. The summed E-state index contributed by atoms with van der Waals surface area (Å²) in [5.41, 5.74) is 5.65. The molecule has 0 spiro atoms. The van der Waals surface area contributed by atoms with Crippen LogP contribution in [0.15, 0.2) is 0 Å². The van der Waals surface area contributed by atoms with E-state index < -0.39 is 0 Å². The van der Waals surface area contributed by atoms with Gasteiger partial charge in [0, 0.05) is 25.0 Å². The molecule has 0 saturated heterocycles. The van der Waals surface area contributed by atoms with Crippen molar-refractivity contribution in [2.45, 2.75) is 39.5 Å². The molecule has 1 atom stereocenters. The zero-order valence-corrected chi connectivity index (χ0v) is 10.3. The summed E-state index contributed by atoms with van der Waals surface area (Å²) in [6, 6.07) is 0.292. The molecule has 0 aliphatic rings. The lowest BCUT2D eigenvalue weighted by atomic mass is 10.3. The predicted octanol–water partition coefficient (Wildman–Crippen LogP) is 1.86. The van der Waals surface area contributed by atoms with Crippen LogP contribution in [0.5, 0.6) is 0 Å². The van der Waals surface area contributed by atoms with E-state index in [1.54, 1.807) is 0 Å². The maximum atomic E-state index is 5.65. The lowest BCUT2D eigenvalue weighted by Crippen LogP contribution is -2.21. The number of hydrogen-bond acceptors (Lipinski definition) is 4. The van der Waals surface area contributed by atoms with Gasteiger partial charge in [0.1, 0.15) is 0 Å². The fourth-order valence-electron chi connectivity index (χ4n) is 0.965. The van der Waals surface area contributed by atoms with Gasteiger partial charge in [0.2, 0.25) is 0 Å². The third-order valence-corrected chi connectivity index (χ3v) is 2.71. The van der Waals surface area contributed by atoms with Crippen molar-refractivity contribution in [3.63, 3.8) is 0 Å². The van der Waals surface area contributed by atoms with Gasteiger partial charge in [-0.25, -0.2) is 0 Å². The molecule has 0 radical (unpaired) electrons. The predicted molar refractivity (Wildman–Crippen MR) is 62.6 cm³/mol. The molecule has 0 rings (SSSR count). The van der Waals surface area contributed by atoms with E-state index in [0.717, 1.165) is 17.9 Å². The third-order valence-electron chi connectivity index (χ3n) is 1.68. The molecule has 0 aromatic carbocycles. The Kier molecular flexibility index (Phi) is 9.93. The highest BCUT2D eigenvalue weighted by Gasteiger charge is 2.07. The quantitative estimate of drug-likeness (QED) is 0.477. The Morgan fingerprint density at radius 3 is 2.21 bits per heavy atom. The number of hydrogen-bond donors (Lipinski definition) is 1. The van der Waals surface area contributed by atoms with Crippen LogP contribution < -0.4 is 5.73 Å². The Morgan fingerprint density at radius 1 is 1.21 bits per heavy atom. The van der Waals surface area contributed by atoms with Crippen LogP contribution in [-0.4, -0.2) is 37.1 Å². The van der Waals surface area contributed by atoms with Gasteiger partial charge in [0.25, 0.3) is 0 Å². The van der Waals surface area contributed by atoms with E-state index in [1.807, 2.05) is 32.5 Å². The first-order valence-corrected chi connectivity index (χ1v) is 6.42. The van der Waals surface area contributed by atoms with E-state index in [2.05, 4.69) is 0 Å². The van der Waals surface area contributed by atoms with E-state index >= 15 is 0 Å². The van der Waals surface area contributed by atoms with Crippen LogP contribution in [-0.2, 0) is 9.47 Å². The molecule has 0 fully saturated rings. The van der Waals surface area contributed by atoms with Gasteiger partial charge in [0.05, 0.1) is 0 Å². The SMILES string of the molecule is CCOC(CSCCC(C)N)OCC. The summed E-state index contributed by atoms with van der Waals surface area (Å²) >= 11 is 1.84. The third kappa shape index (κ3) is 8.81. The molecule has 0 aromatic rings. The summed E-state index contributed by atoms with van der Waals surface area (Å²) in [7, 11) is 0. The Labute approximate surface area is 91.7 Å². The van der Waals surface area contributed by atoms with E-state index in [4.69, 9.17) is 15.2 Å². The van der Waals surface area contributed by atoms with Gasteiger partial charge in [-0.2, -0.15) is 11.8 Å². The summed E-state index contributed by atoms with van der Waals surface area (Å²) in [6.45, 7) is 7.41. The molecule has 0 aromatic heterocycles. The van der Waals surface area contributed by atoms with Gasteiger partial charge in [-0.15, -0.1) is 0 Å². The van der Waals surface area contributed by atoms with Crippen LogP contribution in [0.25, 0.3) is 0 Å². The fraction of sp³-hybridized carbons (Fsp3) is 1.00. The van der Waals surface area contributed by atoms with Crippen LogP contribution in [0, 0.1) is 0 Å². The zero-order chi connectivity index (χ0) is 10.8. The average Bonchev–Trinajstić information content (AvgIpc) is 2.12. The summed E-state index contributed by atoms with van der Waals surface area (Å²) in [5.74, 6) is 1.97. The minimum atomic E-state index is -0.0527. The van der Waals surface area contributed by atoms with Crippen LogP contribution in [0.1, 0.15) is 27.2 Å². The van der Waals surface area contributed by atoms with Crippen LogP contribution in [0.2, 0.25) is 0 Å². The Morgan fingerprint density at radius 2 is 1.79 bits per heavy atom. The van der Waals surface area contributed by atoms with Crippen LogP contribution >= 0.6 is 11.8 Å².